The molecular formula is C25H30BN5O4S. The van der Waals surface area contributed by atoms with E-state index < -0.39 is 28.3 Å². The topological polar surface area (TPSA) is 99.8 Å². The first-order valence-corrected chi connectivity index (χ1v) is 13.5. The molecule has 0 radical (unpaired) electrons. The Labute approximate surface area is 211 Å². The lowest BCUT2D eigenvalue weighted by Gasteiger charge is -2.32. The van der Waals surface area contributed by atoms with Gasteiger partial charge in [0.25, 0.3) is 0 Å². The molecule has 0 unspecified atom stereocenters. The van der Waals surface area contributed by atoms with Gasteiger partial charge in [-0.25, -0.2) is 13.4 Å². The molecule has 0 atom stereocenters. The molecule has 0 aliphatic carbocycles. The molecule has 0 bridgehead atoms. The van der Waals surface area contributed by atoms with Gasteiger partial charge < -0.3 is 9.31 Å². The van der Waals surface area contributed by atoms with Gasteiger partial charge in [-0.15, -0.1) is 0 Å². The molecule has 1 aromatic carbocycles. The Bertz CT molecular complexity index is 1540. The molecule has 1 fully saturated rings. The smallest absolute Gasteiger partial charge is 0.399 e. The van der Waals surface area contributed by atoms with E-state index in [1.807, 2.05) is 75.9 Å². The predicted molar refractivity (Wildman–Crippen MR) is 142 cm³/mol. The van der Waals surface area contributed by atoms with Gasteiger partial charge in [0, 0.05) is 36.3 Å². The highest BCUT2D eigenvalue weighted by atomic mass is 32.2. The lowest BCUT2D eigenvalue weighted by atomic mass is 9.78. The minimum atomic E-state index is -3.48. The van der Waals surface area contributed by atoms with Crippen LogP contribution in [0.25, 0.3) is 28.0 Å². The van der Waals surface area contributed by atoms with Crippen LogP contribution in [0.4, 0.5) is 5.69 Å². The highest BCUT2D eigenvalue weighted by Gasteiger charge is 2.51. The Kier molecular flexibility index (Phi) is 5.77. The maximum atomic E-state index is 12.4. The molecule has 1 aliphatic rings. The van der Waals surface area contributed by atoms with Gasteiger partial charge in [-0.05, 0) is 69.9 Å². The average molecular weight is 507 g/mol. The number of nitrogens with zero attached hydrogens (tertiary/aromatic N) is 4. The summed E-state index contributed by atoms with van der Waals surface area (Å²) in [6.45, 7) is 9.55. The third-order valence-corrected chi connectivity index (χ3v) is 8.29. The molecule has 5 rings (SSSR count). The fourth-order valence-electron chi connectivity index (χ4n) is 4.17. The van der Waals surface area contributed by atoms with Gasteiger partial charge in [0.05, 0.1) is 35.0 Å². The van der Waals surface area contributed by atoms with E-state index in [0.717, 1.165) is 33.5 Å². The Morgan fingerprint density at radius 1 is 1.00 bits per heavy atom. The average Bonchev–Trinajstić information content (AvgIpc) is 3.48. The largest absolute Gasteiger partial charge is 0.494 e. The van der Waals surface area contributed by atoms with Crippen molar-refractivity contribution in [3.8, 4) is 22.4 Å². The highest BCUT2D eigenvalue weighted by molar-refractivity contribution is 7.92. The van der Waals surface area contributed by atoms with Crippen LogP contribution in [0, 0.1) is 0 Å². The molecular weight excluding hydrogens is 477 g/mol. The van der Waals surface area contributed by atoms with Crippen molar-refractivity contribution in [1.29, 1.82) is 0 Å². The van der Waals surface area contributed by atoms with E-state index in [2.05, 4.69) is 14.8 Å². The maximum Gasteiger partial charge on any atom is 0.494 e. The Morgan fingerprint density at radius 3 is 2.36 bits per heavy atom. The van der Waals surface area contributed by atoms with Crippen molar-refractivity contribution >= 4 is 33.9 Å². The molecule has 1 aliphatic heterocycles. The number of anilines is 1. The van der Waals surface area contributed by atoms with Gasteiger partial charge in [-0.2, -0.15) is 5.10 Å². The first-order chi connectivity index (χ1) is 16.9. The molecule has 188 valence electrons. The minimum absolute atomic E-state index is 0.0320. The summed E-state index contributed by atoms with van der Waals surface area (Å²) >= 11 is 0. The van der Waals surface area contributed by atoms with Crippen LogP contribution in [0.15, 0.2) is 55.1 Å². The van der Waals surface area contributed by atoms with E-state index in [1.165, 1.54) is 0 Å². The summed E-state index contributed by atoms with van der Waals surface area (Å²) in [6, 6.07) is 9.54. The monoisotopic (exact) mass is 507 g/mol. The lowest BCUT2D eigenvalue weighted by molar-refractivity contribution is 0.00578. The summed E-state index contributed by atoms with van der Waals surface area (Å²) in [4.78, 5) is 4.62. The fraction of sp³-hybridized carbons (Fsp3) is 0.360. The molecule has 0 amide bonds. The Hall–Kier alpha value is -3.15. The van der Waals surface area contributed by atoms with E-state index in [4.69, 9.17) is 9.31 Å². The van der Waals surface area contributed by atoms with Gasteiger partial charge in [0.2, 0.25) is 10.0 Å². The van der Waals surface area contributed by atoms with E-state index in [-0.39, 0.29) is 5.75 Å². The second-order valence-electron chi connectivity index (χ2n) is 10.1. The second-order valence-corrected chi connectivity index (χ2v) is 12.1. The molecule has 4 aromatic rings. The van der Waals surface area contributed by atoms with Crippen LogP contribution in [-0.2, 0) is 26.4 Å². The summed E-state index contributed by atoms with van der Waals surface area (Å²) in [5, 5.41) is 4.25. The molecule has 0 spiro atoms. The van der Waals surface area contributed by atoms with Gasteiger partial charge in [-0.1, -0.05) is 6.07 Å². The normalized spacial score (nSPS) is 17.1. The number of imidazole rings is 1. The summed E-state index contributed by atoms with van der Waals surface area (Å²) in [6.07, 6.45) is 7.51. The van der Waals surface area contributed by atoms with Crippen molar-refractivity contribution in [3.05, 3.63) is 55.1 Å². The Morgan fingerprint density at radius 2 is 1.72 bits per heavy atom. The summed E-state index contributed by atoms with van der Waals surface area (Å²) in [7, 11) is -2.24. The maximum absolute atomic E-state index is 12.4. The van der Waals surface area contributed by atoms with Crippen molar-refractivity contribution in [1.82, 2.24) is 19.2 Å². The van der Waals surface area contributed by atoms with Crippen LogP contribution < -0.4 is 10.2 Å². The van der Waals surface area contributed by atoms with Crippen LogP contribution in [0.3, 0.4) is 0 Å². The first kappa shape index (κ1) is 24.5. The number of hydrogen-bond donors (Lipinski definition) is 1. The van der Waals surface area contributed by atoms with Crippen molar-refractivity contribution < 1.29 is 17.7 Å². The van der Waals surface area contributed by atoms with Gasteiger partial charge >= 0.3 is 7.12 Å². The zero-order chi connectivity index (χ0) is 25.9. The standard InChI is InChI=1S/C25H30BN5O4S/c1-7-36(32,33)29-21-11-18(10-20(13-21)26-34-24(2,3)25(4,5)35-26)22-15-27-23-12-17(8-9-31(22)23)19-14-28-30(6)16-19/h8-16,29H,7H2,1-6H3. The van der Waals surface area contributed by atoms with E-state index in [9.17, 15) is 8.42 Å². The van der Waals surface area contributed by atoms with Crippen LogP contribution in [0.5, 0.6) is 0 Å². The van der Waals surface area contributed by atoms with Gasteiger partial charge in [-0.3, -0.25) is 13.8 Å². The lowest BCUT2D eigenvalue weighted by Crippen LogP contribution is -2.41. The third-order valence-electron chi connectivity index (χ3n) is 6.98. The number of sulfonamides is 1. The van der Waals surface area contributed by atoms with Crippen LogP contribution >= 0.6 is 0 Å². The SMILES string of the molecule is CCS(=O)(=O)Nc1cc(B2OC(C)(C)C(C)(C)O2)cc(-c2cnc3cc(-c4cnn(C)c4)ccn23)c1. The van der Waals surface area contributed by atoms with E-state index in [1.54, 1.807) is 29.9 Å². The van der Waals surface area contributed by atoms with Crippen molar-refractivity contribution in [2.75, 3.05) is 10.5 Å². The number of aromatic nitrogens is 4. The quantitative estimate of drug-likeness (QED) is 0.402. The number of benzene rings is 1. The van der Waals surface area contributed by atoms with Crippen LogP contribution in [0.2, 0.25) is 0 Å². The van der Waals surface area contributed by atoms with E-state index >= 15 is 0 Å². The number of aryl methyl sites for hydroxylation is 1. The van der Waals surface area contributed by atoms with Crippen LogP contribution in [0.1, 0.15) is 34.6 Å². The zero-order valence-corrected chi connectivity index (χ0v) is 22.1. The van der Waals surface area contributed by atoms with Gasteiger partial charge in [0.1, 0.15) is 5.65 Å². The van der Waals surface area contributed by atoms with Crippen LogP contribution in [-0.4, -0.2) is 51.7 Å². The van der Waals surface area contributed by atoms with Gasteiger partial charge in [0.15, 0.2) is 0 Å². The molecule has 3 aromatic heterocycles. The molecule has 0 saturated carbocycles. The summed E-state index contributed by atoms with van der Waals surface area (Å²) in [5.74, 6) is -0.0320. The molecule has 4 heterocycles. The zero-order valence-electron chi connectivity index (χ0n) is 21.3. The molecule has 1 saturated heterocycles. The number of hydrogen-bond acceptors (Lipinski definition) is 6. The van der Waals surface area contributed by atoms with Crippen molar-refractivity contribution in [2.24, 2.45) is 7.05 Å². The van der Waals surface area contributed by atoms with Crippen molar-refractivity contribution in [3.63, 3.8) is 0 Å². The second kappa shape index (κ2) is 8.46. The number of nitrogens with one attached hydrogen (secondary N) is 1. The third kappa shape index (κ3) is 4.42. The van der Waals surface area contributed by atoms with E-state index in [0.29, 0.717) is 5.69 Å². The highest BCUT2D eigenvalue weighted by Crippen LogP contribution is 2.37. The molecule has 1 N–H and O–H groups in total. The predicted octanol–water partition coefficient (Wildman–Crippen LogP) is 3.46. The fourth-order valence-corrected chi connectivity index (χ4v) is 4.79. The summed E-state index contributed by atoms with van der Waals surface area (Å²) < 4.78 is 43.7. The molecule has 11 heteroatoms. The van der Waals surface area contributed by atoms with Crippen molar-refractivity contribution in [2.45, 2.75) is 45.8 Å². The first-order valence-electron chi connectivity index (χ1n) is 11.8. The molecule has 9 nitrogen and oxygen atoms in total. The number of fused-ring (bicyclic) bond motifs is 1. The minimum Gasteiger partial charge on any atom is -0.399 e. The Balaban J connectivity index is 1.59. The molecule has 36 heavy (non-hydrogen) atoms. The summed E-state index contributed by atoms with van der Waals surface area (Å²) in [5.41, 5.74) is 4.51. The number of pyridine rings is 1. The number of rotatable bonds is 6.